The van der Waals surface area contributed by atoms with Gasteiger partial charge in [-0.3, -0.25) is 4.79 Å². The van der Waals surface area contributed by atoms with E-state index in [1.165, 1.54) is 6.92 Å². The van der Waals surface area contributed by atoms with Crippen LogP contribution >= 0.6 is 0 Å². The molecule has 1 aliphatic rings. The summed E-state index contributed by atoms with van der Waals surface area (Å²) >= 11 is 0. The zero-order chi connectivity index (χ0) is 33.1. The van der Waals surface area contributed by atoms with E-state index in [2.05, 4.69) is 59.5 Å². The summed E-state index contributed by atoms with van der Waals surface area (Å²) in [6.45, 7) is 11.9. The minimum atomic E-state index is -0.227. The summed E-state index contributed by atoms with van der Waals surface area (Å²) in [5, 5.41) is 32.0. The Labute approximate surface area is 270 Å². The molecule has 0 aromatic heterocycles. The van der Waals surface area contributed by atoms with Crippen LogP contribution in [-0.2, 0) is 4.79 Å². The van der Waals surface area contributed by atoms with Crippen LogP contribution < -0.4 is 15.0 Å². The summed E-state index contributed by atoms with van der Waals surface area (Å²) in [6.07, 6.45) is 4.07. The van der Waals surface area contributed by atoms with E-state index in [4.69, 9.17) is 11.3 Å². The lowest BCUT2D eigenvalue weighted by Gasteiger charge is -2.30. The fourth-order valence-electron chi connectivity index (χ4n) is 5.17. The van der Waals surface area contributed by atoms with E-state index in [1.807, 2.05) is 36.4 Å². The number of carbonyl (C=O) groups is 1. The van der Waals surface area contributed by atoms with Crippen molar-refractivity contribution in [2.75, 3.05) is 45.2 Å². The average molecular weight is 609 g/mol. The first-order valence-electron chi connectivity index (χ1n) is 14.8. The Morgan fingerprint density at radius 2 is 1.74 bits per heavy atom. The van der Waals surface area contributed by atoms with Gasteiger partial charge in [0.15, 0.2) is 5.75 Å². The number of fused-ring (bicyclic) bond motifs is 1. The molecule has 1 amide bonds. The standard InChI is InChI=1S/C37H33N7O2/c1-27(45)42-19-22-44(3,4)21-8-20-43-34-23-31(29-9-6-5-7-10-29)15-17-35(34)46-36(43)18-16-32(25-39)37(33(26-40)41-2)30-13-11-28(24-38)12-14-30/h5-7,9-18,23H,8,19-22H2,1,3-4H3/p+1. The van der Waals surface area contributed by atoms with Gasteiger partial charge < -0.3 is 19.4 Å². The Kier molecular flexibility index (Phi) is 10.7. The van der Waals surface area contributed by atoms with E-state index >= 15 is 0 Å². The first kappa shape index (κ1) is 32.8. The molecule has 3 aromatic carbocycles. The number of amides is 1. The number of likely N-dealkylation sites (N-methyl/N-ethyl adjacent to an activating group) is 1. The minimum absolute atomic E-state index is 0.0462. The van der Waals surface area contributed by atoms with E-state index in [0.29, 0.717) is 35.8 Å². The normalized spacial score (nSPS) is 13.8. The zero-order valence-electron chi connectivity index (χ0n) is 26.1. The Bertz CT molecular complexity index is 1840. The molecule has 0 spiro atoms. The van der Waals surface area contributed by atoms with Crippen LogP contribution in [0.25, 0.3) is 21.5 Å². The predicted octanol–water partition coefficient (Wildman–Crippen LogP) is 6.17. The second kappa shape index (κ2) is 15.0. The first-order chi connectivity index (χ1) is 22.2. The van der Waals surface area contributed by atoms with Crippen LogP contribution in [-0.4, -0.2) is 50.7 Å². The van der Waals surface area contributed by atoms with Gasteiger partial charge in [-0.15, -0.1) is 0 Å². The maximum absolute atomic E-state index is 11.3. The molecule has 4 rings (SSSR count). The Hall–Kier alpha value is -6.13. The number of nitrogens with zero attached hydrogens (tertiary/aromatic N) is 6. The largest absolute Gasteiger partial charge is 0.439 e. The number of carbonyl (C=O) groups excluding carboxylic acids is 1. The molecule has 0 saturated heterocycles. The van der Waals surface area contributed by atoms with Crippen molar-refractivity contribution in [1.29, 1.82) is 15.8 Å². The number of hydrogen-bond acceptors (Lipinski definition) is 6. The number of nitrogens with one attached hydrogen (secondary N) is 1. The third-order valence-electron chi connectivity index (χ3n) is 7.61. The second-order valence-electron chi connectivity index (χ2n) is 11.4. The van der Waals surface area contributed by atoms with Gasteiger partial charge in [-0.25, -0.2) is 10.1 Å². The van der Waals surface area contributed by atoms with Gasteiger partial charge in [-0.05, 0) is 47.0 Å². The van der Waals surface area contributed by atoms with Crippen LogP contribution in [0.5, 0.6) is 5.75 Å². The summed E-state index contributed by atoms with van der Waals surface area (Å²) in [4.78, 5) is 16.8. The monoisotopic (exact) mass is 608 g/mol. The zero-order valence-corrected chi connectivity index (χ0v) is 26.1. The first-order valence-corrected chi connectivity index (χ1v) is 14.8. The maximum Gasteiger partial charge on any atom is 0.270 e. The average Bonchev–Trinajstić information content (AvgIpc) is 3.41. The SMILES string of the molecule is [C-]#[N+]C(C#N)=C(C(C#N)=CC=C1Oc2ccc(-c3ccccc3)cc2N1CCC[N+](C)(C)CCNC(C)=O)c1ccc(C#N)cc1. The smallest absolute Gasteiger partial charge is 0.270 e. The number of anilines is 1. The van der Waals surface area contributed by atoms with E-state index < -0.39 is 0 Å². The molecule has 1 N–H and O–H groups in total. The molecule has 228 valence electrons. The lowest BCUT2D eigenvalue weighted by atomic mass is 9.95. The molecule has 0 atom stereocenters. The number of benzene rings is 3. The molecular formula is C37H34N7O2+. The van der Waals surface area contributed by atoms with Gasteiger partial charge in [0, 0.05) is 31.5 Å². The van der Waals surface area contributed by atoms with Crippen LogP contribution in [0.3, 0.4) is 0 Å². The number of ether oxygens (including phenoxy) is 1. The van der Waals surface area contributed by atoms with Crippen LogP contribution in [0, 0.1) is 40.6 Å². The number of nitriles is 3. The van der Waals surface area contributed by atoms with Gasteiger partial charge >= 0.3 is 0 Å². The topological polar surface area (TPSA) is 117 Å². The molecule has 0 aliphatic carbocycles. The Morgan fingerprint density at radius 1 is 1.00 bits per heavy atom. The lowest BCUT2D eigenvalue weighted by Crippen LogP contribution is -2.46. The fourth-order valence-corrected chi connectivity index (χ4v) is 5.17. The fraction of sp³-hybridized carbons (Fsp3) is 0.216. The number of quaternary nitrogens is 1. The minimum Gasteiger partial charge on any atom is -0.439 e. The van der Waals surface area contributed by atoms with Crippen molar-refractivity contribution in [3.8, 4) is 35.1 Å². The highest BCUT2D eigenvalue weighted by atomic mass is 16.5. The second-order valence-corrected chi connectivity index (χ2v) is 11.4. The van der Waals surface area contributed by atoms with E-state index in [0.717, 1.165) is 40.8 Å². The molecule has 1 aliphatic heterocycles. The highest BCUT2D eigenvalue weighted by molar-refractivity contribution is 5.88. The summed E-state index contributed by atoms with van der Waals surface area (Å²) in [5.74, 6) is 1.14. The molecule has 0 radical (unpaired) electrons. The van der Waals surface area contributed by atoms with Crippen LogP contribution in [0.1, 0.15) is 24.5 Å². The van der Waals surface area contributed by atoms with Crippen molar-refractivity contribution in [2.45, 2.75) is 13.3 Å². The molecule has 3 aromatic rings. The number of hydrogen-bond donors (Lipinski definition) is 1. The van der Waals surface area contributed by atoms with Crippen LogP contribution in [0.4, 0.5) is 5.69 Å². The van der Waals surface area contributed by atoms with Crippen molar-refractivity contribution in [3.63, 3.8) is 0 Å². The van der Waals surface area contributed by atoms with Crippen molar-refractivity contribution >= 4 is 17.2 Å². The number of allylic oxidation sites excluding steroid dienone is 5. The molecule has 9 heteroatoms. The quantitative estimate of drug-likeness (QED) is 0.120. The molecule has 1 heterocycles. The van der Waals surface area contributed by atoms with Gasteiger partial charge in [-0.1, -0.05) is 48.5 Å². The summed E-state index contributed by atoms with van der Waals surface area (Å²) < 4.78 is 7.03. The molecule has 9 nitrogen and oxygen atoms in total. The Morgan fingerprint density at radius 3 is 2.37 bits per heavy atom. The van der Waals surface area contributed by atoms with Gasteiger partial charge in [0.2, 0.25) is 11.8 Å². The van der Waals surface area contributed by atoms with Gasteiger partial charge in [-0.2, -0.15) is 10.5 Å². The van der Waals surface area contributed by atoms with Gasteiger partial charge in [0.1, 0.15) is 0 Å². The van der Waals surface area contributed by atoms with Crippen molar-refractivity contribution in [2.24, 2.45) is 0 Å². The number of rotatable bonds is 11. The predicted molar refractivity (Wildman–Crippen MR) is 177 cm³/mol. The molecule has 0 saturated carbocycles. The molecule has 0 unspecified atom stereocenters. The van der Waals surface area contributed by atoms with Crippen molar-refractivity contribution < 1.29 is 14.0 Å². The highest BCUT2D eigenvalue weighted by Crippen LogP contribution is 2.42. The van der Waals surface area contributed by atoms with E-state index in [9.17, 15) is 20.6 Å². The van der Waals surface area contributed by atoms with Crippen LogP contribution in [0.15, 0.2) is 102 Å². The highest BCUT2D eigenvalue weighted by Gasteiger charge is 2.27. The van der Waals surface area contributed by atoms with Gasteiger partial charge in [0.05, 0.1) is 75.3 Å². The molecule has 0 bridgehead atoms. The molecule has 0 fully saturated rings. The molecule has 46 heavy (non-hydrogen) atoms. The third kappa shape index (κ3) is 8.07. The molecular weight excluding hydrogens is 574 g/mol. The maximum atomic E-state index is 11.3. The van der Waals surface area contributed by atoms with Gasteiger partial charge in [0.25, 0.3) is 5.70 Å². The van der Waals surface area contributed by atoms with Crippen molar-refractivity contribution in [1.82, 2.24) is 5.32 Å². The summed E-state index contributed by atoms with van der Waals surface area (Å²) in [5.41, 5.74) is 3.99. The summed E-state index contributed by atoms with van der Waals surface area (Å²) in [6, 6.07) is 28.6. The van der Waals surface area contributed by atoms with Crippen molar-refractivity contribution in [3.05, 3.63) is 125 Å². The van der Waals surface area contributed by atoms with E-state index in [1.54, 1.807) is 36.4 Å². The third-order valence-corrected chi connectivity index (χ3v) is 7.61. The van der Waals surface area contributed by atoms with Crippen LogP contribution in [0.2, 0.25) is 0 Å². The lowest BCUT2D eigenvalue weighted by molar-refractivity contribution is -0.889. The Balaban J connectivity index is 1.70. The summed E-state index contributed by atoms with van der Waals surface area (Å²) in [7, 11) is 4.26. The van der Waals surface area contributed by atoms with E-state index in [-0.39, 0.29) is 22.8 Å².